The Hall–Kier alpha value is -2.26. The summed E-state index contributed by atoms with van der Waals surface area (Å²) in [6.07, 6.45) is 1.52. The van der Waals surface area contributed by atoms with Gasteiger partial charge in [0.15, 0.2) is 5.69 Å². The highest BCUT2D eigenvalue weighted by atomic mass is 32.2. The number of carbonyl (C=O) groups excluding carboxylic acids is 1. The van der Waals surface area contributed by atoms with Gasteiger partial charge in [-0.25, -0.2) is 4.79 Å². The molecule has 7 nitrogen and oxygen atoms in total. The van der Waals surface area contributed by atoms with Crippen molar-refractivity contribution in [1.29, 1.82) is 0 Å². The average Bonchev–Trinajstić information content (AvgIpc) is 2.95. The topological polar surface area (TPSA) is 101 Å². The minimum Gasteiger partial charge on any atom is -0.317 e. The Balaban J connectivity index is 1.87. The van der Waals surface area contributed by atoms with Crippen LogP contribution in [0.25, 0.3) is 0 Å². The van der Waals surface area contributed by atoms with Crippen LogP contribution in [0, 0.1) is 0 Å². The molecule has 2 aliphatic rings. The fourth-order valence-corrected chi connectivity index (χ4v) is 5.56. The van der Waals surface area contributed by atoms with Gasteiger partial charge in [0.25, 0.3) is 0 Å². The van der Waals surface area contributed by atoms with Gasteiger partial charge in [0.1, 0.15) is 6.54 Å². The zero-order chi connectivity index (χ0) is 19.1. The summed E-state index contributed by atoms with van der Waals surface area (Å²) in [7, 11) is -4.27. The molecule has 4 N–H and O–H groups in total. The first kappa shape index (κ1) is 18.1. The average molecular weight is 387 g/mol. The van der Waals surface area contributed by atoms with Gasteiger partial charge in [0.05, 0.1) is 5.41 Å². The quantitative estimate of drug-likeness (QED) is 0.687. The number of nitrogens with one attached hydrogen (secondary N) is 2. The lowest BCUT2D eigenvalue weighted by Crippen LogP contribution is -2.64. The van der Waals surface area contributed by atoms with Crippen molar-refractivity contribution in [3.8, 4) is 0 Å². The second-order valence-corrected chi connectivity index (χ2v) is 8.91. The van der Waals surface area contributed by atoms with Crippen molar-refractivity contribution in [2.45, 2.75) is 18.3 Å². The number of nitrogens with zero attached hydrogens (tertiary/aromatic N) is 1. The zero-order valence-corrected chi connectivity index (χ0v) is 15.7. The van der Waals surface area contributed by atoms with Gasteiger partial charge in [-0.3, -0.25) is 5.32 Å². The smallest absolute Gasteiger partial charge is 0.317 e. The van der Waals surface area contributed by atoms with E-state index in [1.807, 2.05) is 18.2 Å². The number of benzene rings is 2. The van der Waals surface area contributed by atoms with E-state index in [-0.39, 0.29) is 12.0 Å². The molecule has 1 fully saturated rings. The van der Waals surface area contributed by atoms with Gasteiger partial charge in [-0.2, -0.15) is 13.6 Å². The first-order valence-electron chi connectivity index (χ1n) is 8.97. The van der Waals surface area contributed by atoms with Crippen molar-refractivity contribution in [1.82, 2.24) is 9.21 Å². The Morgan fingerprint density at radius 1 is 1.04 bits per heavy atom. The predicted molar refractivity (Wildman–Crippen MR) is 105 cm³/mol. The van der Waals surface area contributed by atoms with Crippen LogP contribution >= 0.6 is 0 Å². The van der Waals surface area contributed by atoms with E-state index in [1.54, 1.807) is 36.4 Å². The summed E-state index contributed by atoms with van der Waals surface area (Å²) in [5, 5.41) is 11.8. The molecule has 0 bridgehead atoms. The van der Waals surface area contributed by atoms with E-state index < -0.39 is 20.1 Å². The van der Waals surface area contributed by atoms with Gasteiger partial charge in [-0.05, 0) is 38.1 Å². The van der Waals surface area contributed by atoms with Gasteiger partial charge >= 0.3 is 16.2 Å². The second-order valence-electron chi connectivity index (χ2n) is 7.26. The summed E-state index contributed by atoms with van der Waals surface area (Å²) in [5.41, 5.74) is 1.51. The number of quaternary nitrogens is 1. The van der Waals surface area contributed by atoms with Gasteiger partial charge in [-0.1, -0.05) is 40.3 Å². The molecule has 4 rings (SSSR count). The molecular weight excluding hydrogens is 364 g/mol. The third-order valence-corrected chi connectivity index (χ3v) is 7.10. The molecule has 0 aromatic heterocycles. The fourth-order valence-electron chi connectivity index (χ4n) is 4.43. The van der Waals surface area contributed by atoms with Gasteiger partial charge in [0.2, 0.25) is 0 Å². The molecule has 27 heavy (non-hydrogen) atoms. The van der Waals surface area contributed by atoms with Crippen LogP contribution in [0.15, 0.2) is 54.6 Å². The largest absolute Gasteiger partial charge is 0.442 e. The summed E-state index contributed by atoms with van der Waals surface area (Å²) in [5.74, 6) is 0. The number of fused-ring (bicyclic) bond motifs is 2. The molecule has 1 spiro atoms. The van der Waals surface area contributed by atoms with Crippen LogP contribution in [0.1, 0.15) is 18.4 Å². The molecule has 1 saturated heterocycles. The number of hydrogen-bond acceptors (Lipinski definition) is 4. The maximum absolute atomic E-state index is 13.4. The first-order chi connectivity index (χ1) is 12.9. The molecular formula is C19H23N4O3S+. The second kappa shape index (κ2) is 6.42. The number of para-hydroxylation sites is 2. The summed E-state index contributed by atoms with van der Waals surface area (Å²) in [4.78, 5) is 13.4. The van der Waals surface area contributed by atoms with E-state index in [0.29, 0.717) is 11.4 Å². The molecule has 8 heteroatoms. The summed E-state index contributed by atoms with van der Waals surface area (Å²) in [6, 6.07) is 15.5. The molecule has 2 aromatic rings. The lowest BCUT2D eigenvalue weighted by atomic mass is 9.75. The van der Waals surface area contributed by atoms with Crippen molar-refractivity contribution in [3.63, 3.8) is 0 Å². The minimum absolute atomic E-state index is 0.117. The Labute approximate surface area is 158 Å². The molecule has 2 heterocycles. The SMILES string of the molecule is NS(=O)(=O)[N+]1(C(=O)Nc2ccccc2)CC2(CCNCC2)c2ccccc21. The normalized spacial score (nSPS) is 23.7. The molecule has 142 valence electrons. The number of nitrogens with two attached hydrogens (primary N) is 1. The van der Waals surface area contributed by atoms with Crippen LogP contribution in [0.4, 0.5) is 16.2 Å². The van der Waals surface area contributed by atoms with Gasteiger partial charge in [-0.15, -0.1) is 0 Å². The highest BCUT2D eigenvalue weighted by Crippen LogP contribution is 2.51. The summed E-state index contributed by atoms with van der Waals surface area (Å²) in [6.45, 7) is 1.67. The van der Waals surface area contributed by atoms with Crippen LogP contribution in [0.2, 0.25) is 0 Å². The van der Waals surface area contributed by atoms with E-state index in [2.05, 4.69) is 10.6 Å². The summed E-state index contributed by atoms with van der Waals surface area (Å²) >= 11 is 0. The van der Waals surface area contributed by atoms with Gasteiger partial charge < -0.3 is 5.32 Å². The Bertz CT molecular complexity index is 971. The molecule has 1 unspecified atom stereocenters. The third-order valence-electron chi connectivity index (χ3n) is 5.74. The van der Waals surface area contributed by atoms with Crippen LogP contribution in [0.5, 0.6) is 0 Å². The Morgan fingerprint density at radius 3 is 2.33 bits per heavy atom. The number of rotatable bonds is 2. The van der Waals surface area contributed by atoms with Crippen LogP contribution < -0.4 is 19.7 Å². The molecule has 0 saturated carbocycles. The number of amides is 2. The Kier molecular flexibility index (Phi) is 4.31. The van der Waals surface area contributed by atoms with Crippen LogP contribution in [-0.2, 0) is 15.6 Å². The standard InChI is InChI=1S/C19H22N4O3S/c20-27(25,26)23(18(24)22-15-6-2-1-3-7-15)14-19(10-12-21-13-11-19)16-8-4-5-9-17(16)23/h1-9,21H,10-14H2,(H2-,20,22,24,25,26)/p+1. The van der Waals surface area contributed by atoms with Crippen molar-refractivity contribution >= 4 is 27.6 Å². The lowest BCUT2D eigenvalue weighted by Gasteiger charge is -2.34. The van der Waals surface area contributed by atoms with Crippen molar-refractivity contribution in [2.75, 3.05) is 25.0 Å². The Morgan fingerprint density at radius 2 is 1.67 bits per heavy atom. The minimum atomic E-state index is -4.27. The highest BCUT2D eigenvalue weighted by Gasteiger charge is 2.63. The monoisotopic (exact) mass is 387 g/mol. The first-order valence-corrected chi connectivity index (χ1v) is 10.5. The fraction of sp³-hybridized carbons (Fsp3) is 0.316. The lowest BCUT2D eigenvalue weighted by molar-refractivity contribution is 0.225. The van der Waals surface area contributed by atoms with E-state index >= 15 is 0 Å². The van der Waals surface area contributed by atoms with E-state index in [9.17, 15) is 13.2 Å². The molecule has 1 atom stereocenters. The number of piperidine rings is 1. The molecule has 2 aliphatic heterocycles. The van der Waals surface area contributed by atoms with E-state index in [1.165, 1.54) is 0 Å². The van der Waals surface area contributed by atoms with E-state index in [0.717, 1.165) is 31.5 Å². The summed E-state index contributed by atoms with van der Waals surface area (Å²) < 4.78 is 24.8. The van der Waals surface area contributed by atoms with Crippen molar-refractivity contribution in [3.05, 3.63) is 60.2 Å². The number of urea groups is 1. The maximum atomic E-state index is 13.4. The maximum Gasteiger partial charge on any atom is 0.442 e. The molecule has 2 amide bonds. The number of anilines is 1. The van der Waals surface area contributed by atoms with Crippen molar-refractivity contribution < 1.29 is 13.2 Å². The van der Waals surface area contributed by atoms with Gasteiger partial charge in [0, 0.05) is 17.3 Å². The van der Waals surface area contributed by atoms with Crippen molar-refractivity contribution in [2.24, 2.45) is 5.14 Å². The molecule has 2 aromatic carbocycles. The zero-order valence-electron chi connectivity index (χ0n) is 14.9. The molecule has 0 aliphatic carbocycles. The van der Waals surface area contributed by atoms with E-state index in [4.69, 9.17) is 5.14 Å². The van der Waals surface area contributed by atoms with Crippen LogP contribution in [-0.4, -0.2) is 34.1 Å². The van der Waals surface area contributed by atoms with Crippen LogP contribution in [0.3, 0.4) is 0 Å². The highest BCUT2D eigenvalue weighted by molar-refractivity contribution is 7.89. The predicted octanol–water partition coefficient (Wildman–Crippen LogP) is 2.06. The number of carbonyl (C=O) groups is 1. The third kappa shape index (κ3) is 2.76. The number of hydrogen-bond donors (Lipinski definition) is 3. The molecule has 0 radical (unpaired) electrons.